The van der Waals surface area contributed by atoms with Gasteiger partial charge in [0.2, 0.25) is 5.91 Å². The fraction of sp³-hybridized carbons (Fsp3) is 0.292. The summed E-state index contributed by atoms with van der Waals surface area (Å²) in [6.45, 7) is 0.109. The van der Waals surface area contributed by atoms with Gasteiger partial charge in [-0.3, -0.25) is 14.6 Å². The van der Waals surface area contributed by atoms with E-state index in [2.05, 4.69) is 10.3 Å². The summed E-state index contributed by atoms with van der Waals surface area (Å²) in [5.74, 6) is -0.924. The van der Waals surface area contributed by atoms with Gasteiger partial charge in [0.1, 0.15) is 11.9 Å². The van der Waals surface area contributed by atoms with E-state index in [1.165, 1.54) is 23.3 Å². The predicted octanol–water partition coefficient (Wildman–Crippen LogP) is 4.26. The summed E-state index contributed by atoms with van der Waals surface area (Å²) < 4.78 is 18.8. The van der Waals surface area contributed by atoms with E-state index in [-0.39, 0.29) is 30.1 Å². The van der Waals surface area contributed by atoms with Crippen LogP contribution < -0.4 is 5.32 Å². The third-order valence-corrected chi connectivity index (χ3v) is 5.52. The molecular formula is C24H24FN3O3. The molecule has 1 aromatic carbocycles. The average Bonchev–Trinajstić information content (AvgIpc) is 3.49. The highest BCUT2D eigenvalue weighted by atomic mass is 19.1. The zero-order valence-electron chi connectivity index (χ0n) is 17.0. The molecule has 0 spiro atoms. The maximum absolute atomic E-state index is 13.4. The number of hydrogen-bond acceptors (Lipinski definition) is 4. The Morgan fingerprint density at radius 3 is 2.55 bits per heavy atom. The zero-order valence-corrected chi connectivity index (χ0v) is 17.0. The van der Waals surface area contributed by atoms with Gasteiger partial charge in [-0.1, -0.05) is 31.0 Å². The first-order chi connectivity index (χ1) is 15.1. The van der Waals surface area contributed by atoms with Gasteiger partial charge in [0.05, 0.1) is 6.26 Å². The van der Waals surface area contributed by atoms with Gasteiger partial charge in [0, 0.05) is 30.5 Å². The number of carbonyl (C=O) groups is 2. The van der Waals surface area contributed by atoms with E-state index in [4.69, 9.17) is 4.42 Å². The highest BCUT2D eigenvalue weighted by Gasteiger charge is 2.34. The van der Waals surface area contributed by atoms with Gasteiger partial charge in [-0.15, -0.1) is 0 Å². The number of rotatable bonds is 7. The molecule has 3 aromatic rings. The number of aromatic nitrogens is 1. The van der Waals surface area contributed by atoms with Crippen LogP contribution in [0.1, 0.15) is 53.4 Å². The van der Waals surface area contributed by atoms with Crippen molar-refractivity contribution in [1.29, 1.82) is 0 Å². The third kappa shape index (κ3) is 4.99. The van der Waals surface area contributed by atoms with Crippen LogP contribution in [0.5, 0.6) is 0 Å². The Hall–Kier alpha value is -3.48. The number of furan rings is 1. The smallest absolute Gasteiger partial charge is 0.290 e. The van der Waals surface area contributed by atoms with E-state index in [9.17, 15) is 14.0 Å². The minimum atomic E-state index is -0.906. The number of benzene rings is 1. The second-order valence-electron chi connectivity index (χ2n) is 7.72. The van der Waals surface area contributed by atoms with Gasteiger partial charge in [0.25, 0.3) is 5.91 Å². The van der Waals surface area contributed by atoms with Crippen LogP contribution >= 0.6 is 0 Å². The standard InChI is InChI=1S/C24H24FN3O3/c25-19-11-9-17(10-12-19)16-28(24(30)21-8-4-14-31-21)22(18-5-3-13-26-15-18)23(29)27-20-6-1-2-7-20/h3-5,8-15,20,22H,1-2,6-7,16H2,(H,27,29). The third-order valence-electron chi connectivity index (χ3n) is 5.52. The molecule has 1 aliphatic rings. The lowest BCUT2D eigenvalue weighted by Gasteiger charge is -2.31. The Morgan fingerprint density at radius 2 is 1.90 bits per heavy atom. The molecule has 0 radical (unpaired) electrons. The SMILES string of the molecule is O=C(NC1CCCC1)C(c1cccnc1)N(Cc1ccc(F)cc1)C(=O)c1ccco1. The zero-order chi connectivity index (χ0) is 21.6. The number of halogens is 1. The summed E-state index contributed by atoms with van der Waals surface area (Å²) >= 11 is 0. The molecule has 0 aliphatic heterocycles. The first-order valence-electron chi connectivity index (χ1n) is 10.4. The molecule has 1 atom stereocenters. The lowest BCUT2D eigenvalue weighted by atomic mass is 10.0. The highest BCUT2D eigenvalue weighted by molar-refractivity contribution is 5.96. The molecule has 1 fully saturated rings. The molecule has 0 saturated heterocycles. The number of hydrogen-bond donors (Lipinski definition) is 1. The summed E-state index contributed by atoms with van der Waals surface area (Å²) in [7, 11) is 0. The van der Waals surface area contributed by atoms with Crippen molar-refractivity contribution in [3.63, 3.8) is 0 Å². The molecule has 1 saturated carbocycles. The van der Waals surface area contributed by atoms with Crippen molar-refractivity contribution in [2.24, 2.45) is 0 Å². The number of nitrogens with one attached hydrogen (secondary N) is 1. The fourth-order valence-corrected chi connectivity index (χ4v) is 3.97. The van der Waals surface area contributed by atoms with E-state index < -0.39 is 11.9 Å². The van der Waals surface area contributed by atoms with Crippen LogP contribution in [0.3, 0.4) is 0 Å². The summed E-state index contributed by atoms with van der Waals surface area (Å²) in [5, 5.41) is 3.10. The second kappa shape index (κ2) is 9.55. The van der Waals surface area contributed by atoms with Crippen molar-refractivity contribution >= 4 is 11.8 Å². The van der Waals surface area contributed by atoms with Gasteiger partial charge in [-0.2, -0.15) is 0 Å². The molecular weight excluding hydrogens is 397 g/mol. The lowest BCUT2D eigenvalue weighted by molar-refractivity contribution is -0.126. The maximum Gasteiger partial charge on any atom is 0.290 e. The minimum Gasteiger partial charge on any atom is -0.459 e. The van der Waals surface area contributed by atoms with Crippen LogP contribution in [0.15, 0.2) is 71.6 Å². The Kier molecular flexibility index (Phi) is 6.40. The van der Waals surface area contributed by atoms with Crippen molar-refractivity contribution in [1.82, 2.24) is 15.2 Å². The molecule has 7 heteroatoms. The molecule has 1 aliphatic carbocycles. The molecule has 2 aromatic heterocycles. The van der Waals surface area contributed by atoms with E-state index in [1.807, 2.05) is 0 Å². The van der Waals surface area contributed by atoms with Gasteiger partial charge in [0.15, 0.2) is 5.76 Å². The van der Waals surface area contributed by atoms with Crippen LogP contribution in [-0.4, -0.2) is 27.7 Å². The molecule has 0 bridgehead atoms. The molecule has 2 amide bonds. The van der Waals surface area contributed by atoms with Gasteiger partial charge in [-0.25, -0.2) is 4.39 Å². The quantitative estimate of drug-likeness (QED) is 0.619. The van der Waals surface area contributed by atoms with Gasteiger partial charge < -0.3 is 14.6 Å². The van der Waals surface area contributed by atoms with Crippen molar-refractivity contribution in [3.05, 3.63) is 89.9 Å². The summed E-state index contributed by atoms with van der Waals surface area (Å²) in [5.41, 5.74) is 1.30. The molecule has 1 N–H and O–H groups in total. The van der Waals surface area contributed by atoms with Crippen LogP contribution in [-0.2, 0) is 11.3 Å². The van der Waals surface area contributed by atoms with Crippen LogP contribution in [0.25, 0.3) is 0 Å². The summed E-state index contributed by atoms with van der Waals surface area (Å²) in [6.07, 6.45) is 8.63. The Morgan fingerprint density at radius 1 is 1.13 bits per heavy atom. The first kappa shape index (κ1) is 20.8. The van der Waals surface area contributed by atoms with Crippen LogP contribution in [0.2, 0.25) is 0 Å². The molecule has 2 heterocycles. The van der Waals surface area contributed by atoms with Crippen LogP contribution in [0, 0.1) is 5.82 Å². The minimum absolute atomic E-state index is 0.0954. The van der Waals surface area contributed by atoms with Crippen LogP contribution in [0.4, 0.5) is 4.39 Å². The average molecular weight is 421 g/mol. The molecule has 160 valence electrons. The monoisotopic (exact) mass is 421 g/mol. The van der Waals surface area contributed by atoms with E-state index in [1.54, 1.807) is 48.8 Å². The molecule has 1 unspecified atom stereocenters. The van der Waals surface area contributed by atoms with E-state index >= 15 is 0 Å². The normalized spacial score (nSPS) is 14.9. The molecule has 6 nitrogen and oxygen atoms in total. The van der Waals surface area contributed by atoms with E-state index in [0.29, 0.717) is 11.1 Å². The van der Waals surface area contributed by atoms with Crippen molar-refractivity contribution in [2.45, 2.75) is 44.3 Å². The number of nitrogens with zero attached hydrogens (tertiary/aromatic N) is 2. The predicted molar refractivity (Wildman–Crippen MR) is 112 cm³/mol. The Balaban J connectivity index is 1.71. The lowest BCUT2D eigenvalue weighted by Crippen LogP contribution is -2.45. The first-order valence-corrected chi connectivity index (χ1v) is 10.4. The highest BCUT2D eigenvalue weighted by Crippen LogP contribution is 2.27. The summed E-state index contributed by atoms with van der Waals surface area (Å²) in [4.78, 5) is 32.4. The molecule has 31 heavy (non-hydrogen) atoms. The number of pyridine rings is 1. The Bertz CT molecular complexity index is 1000. The molecule has 4 rings (SSSR count). The van der Waals surface area contributed by atoms with Gasteiger partial charge >= 0.3 is 0 Å². The number of carbonyl (C=O) groups excluding carboxylic acids is 2. The second-order valence-corrected chi connectivity index (χ2v) is 7.72. The largest absolute Gasteiger partial charge is 0.459 e. The van der Waals surface area contributed by atoms with Crippen molar-refractivity contribution < 1.29 is 18.4 Å². The van der Waals surface area contributed by atoms with Crippen molar-refractivity contribution in [3.8, 4) is 0 Å². The summed E-state index contributed by atoms with van der Waals surface area (Å²) in [6, 6.07) is 11.8. The number of amides is 2. The fourth-order valence-electron chi connectivity index (χ4n) is 3.97. The van der Waals surface area contributed by atoms with Crippen molar-refractivity contribution in [2.75, 3.05) is 0 Å². The topological polar surface area (TPSA) is 75.4 Å². The van der Waals surface area contributed by atoms with E-state index in [0.717, 1.165) is 25.7 Å². The maximum atomic E-state index is 13.4. The van der Waals surface area contributed by atoms with Gasteiger partial charge in [-0.05, 0) is 48.7 Å². The Labute approximate surface area is 180 Å².